The van der Waals surface area contributed by atoms with Crippen molar-refractivity contribution in [1.29, 1.82) is 0 Å². The minimum atomic E-state index is -2.05. The summed E-state index contributed by atoms with van der Waals surface area (Å²) < 4.78 is 34.0. The zero-order valence-corrected chi connectivity index (χ0v) is 21.8. The second-order valence-electron chi connectivity index (χ2n) is 13.4. The quantitative estimate of drug-likeness (QED) is 0.454. The fourth-order valence-electron chi connectivity index (χ4n) is 7.19. The number of hydrogen-bond donors (Lipinski definition) is 0. The van der Waals surface area contributed by atoms with Crippen LogP contribution in [-0.2, 0) is 23.4 Å². The van der Waals surface area contributed by atoms with Crippen LogP contribution in [0.5, 0.6) is 0 Å². The van der Waals surface area contributed by atoms with Gasteiger partial charge < -0.3 is 23.4 Å². The Hall–Kier alpha value is 0.0169. The average Bonchev–Trinajstić information content (AvgIpc) is 3.18. The van der Waals surface area contributed by atoms with Crippen molar-refractivity contribution in [3.8, 4) is 0 Å². The lowest BCUT2D eigenvalue weighted by Crippen LogP contribution is -2.73. The molecule has 2 saturated carbocycles. The lowest BCUT2D eigenvalue weighted by molar-refractivity contribution is -0.252. The normalized spacial score (nSPS) is 53.1. The fourth-order valence-corrected chi connectivity index (χ4v) is 8.50. The first kappa shape index (κ1) is 21.8. The van der Waals surface area contributed by atoms with Crippen LogP contribution in [0.25, 0.3) is 0 Å². The number of epoxide rings is 1. The molecule has 0 unspecified atom stereocenters. The van der Waals surface area contributed by atoms with E-state index in [1.54, 1.807) is 0 Å². The molecule has 9 atom stereocenters. The maximum atomic E-state index is 7.33. The van der Waals surface area contributed by atoms with Crippen LogP contribution in [0.1, 0.15) is 68.7 Å². The molecule has 0 amide bonds. The first-order valence-electron chi connectivity index (χ1n) is 11.9. The highest BCUT2D eigenvalue weighted by Gasteiger charge is 2.83. The van der Waals surface area contributed by atoms with Crippen molar-refractivity contribution in [2.75, 3.05) is 0 Å². The molecule has 5 aliphatic rings. The van der Waals surface area contributed by atoms with Gasteiger partial charge in [0.2, 0.25) is 0 Å². The van der Waals surface area contributed by atoms with Gasteiger partial charge >= 0.3 is 0 Å². The zero-order chi connectivity index (χ0) is 22.3. The Balaban J connectivity index is 1.69. The summed E-state index contributed by atoms with van der Waals surface area (Å²) in [6.07, 6.45) is 1.46. The van der Waals surface area contributed by atoms with Gasteiger partial charge in [0.25, 0.3) is 0 Å². The number of hydrogen-bond acceptors (Lipinski definition) is 5. The predicted octanol–water partition coefficient (Wildman–Crippen LogP) is 4.89. The third-order valence-electron chi connectivity index (χ3n) is 9.63. The third-order valence-corrected chi connectivity index (χ3v) is 14.1. The number of rotatable bonds is 2. The Morgan fingerprint density at radius 1 is 0.967 bits per heavy atom. The van der Waals surface area contributed by atoms with E-state index >= 15 is 0 Å². The summed E-state index contributed by atoms with van der Waals surface area (Å²) >= 11 is 0. The van der Waals surface area contributed by atoms with Crippen molar-refractivity contribution in [3.63, 3.8) is 0 Å². The highest BCUT2D eigenvalue weighted by atomic mass is 28.4. The van der Waals surface area contributed by atoms with E-state index in [-0.39, 0.29) is 52.3 Å². The topological polar surface area (TPSA) is 49.5 Å². The summed E-state index contributed by atoms with van der Waals surface area (Å²) in [5.74, 6) is -0.204. The molecule has 0 N–H and O–H groups in total. The molecule has 6 heteroatoms. The van der Waals surface area contributed by atoms with Crippen LogP contribution >= 0.6 is 0 Å². The maximum absolute atomic E-state index is 7.33. The van der Waals surface area contributed by atoms with E-state index in [9.17, 15) is 0 Å². The maximum Gasteiger partial charge on any atom is 0.192 e. The molecule has 5 rings (SSSR count). The van der Waals surface area contributed by atoms with Gasteiger partial charge in [-0.15, -0.1) is 0 Å². The molecule has 172 valence electrons. The van der Waals surface area contributed by atoms with E-state index in [0.717, 1.165) is 6.42 Å². The highest BCUT2D eigenvalue weighted by molar-refractivity contribution is 6.74. The van der Waals surface area contributed by atoms with Gasteiger partial charge in [0.15, 0.2) is 14.1 Å². The van der Waals surface area contributed by atoms with E-state index < -0.39 is 19.7 Å². The third kappa shape index (κ3) is 2.52. The van der Waals surface area contributed by atoms with Crippen molar-refractivity contribution in [1.82, 2.24) is 0 Å². The highest BCUT2D eigenvalue weighted by Crippen LogP contribution is 2.72. The smallest absolute Gasteiger partial charge is 0.192 e. The molecular weight excluding hydrogens is 396 g/mol. The Kier molecular flexibility index (Phi) is 4.18. The first-order chi connectivity index (χ1) is 13.5. The summed E-state index contributed by atoms with van der Waals surface area (Å²) in [5, 5.41) is 0.128. The number of ether oxygens (including phenoxy) is 4. The van der Waals surface area contributed by atoms with Crippen molar-refractivity contribution in [3.05, 3.63) is 0 Å². The summed E-state index contributed by atoms with van der Waals surface area (Å²) in [6.45, 7) is 24.9. The standard InChI is InChI=1S/C24H42O5Si/c1-13-16-14(25-16)12-23(9)19-17(26-22(7,8)27-19)15-18(24(13,23)29-21(15,5)6)28-30(10,11)20(2,3)4/h13-19H,12H2,1-11H3/t13-,14-,15-,16+,17-,18-,19-,23+,24-/m0/s1. The average molecular weight is 439 g/mol. The molecule has 3 saturated heterocycles. The van der Waals surface area contributed by atoms with Crippen molar-refractivity contribution in [2.45, 2.75) is 134 Å². The molecule has 30 heavy (non-hydrogen) atoms. The summed E-state index contributed by atoms with van der Waals surface area (Å²) in [5.41, 5.74) is -1.01. The SMILES string of the molecule is C[C@H]1[C@H]2O[C@H]2C[C@]2(C)[C@H]3OC(C)(C)O[C@H]3[C@H]3[C@H](O[Si](C)(C)C(C)(C)C)[C@@]12OC3(C)C. The molecule has 2 aliphatic carbocycles. The monoisotopic (exact) mass is 438 g/mol. The molecule has 2 bridgehead atoms. The molecule has 5 fully saturated rings. The van der Waals surface area contributed by atoms with Gasteiger partial charge in [-0.2, -0.15) is 0 Å². The van der Waals surface area contributed by atoms with Crippen LogP contribution in [0.15, 0.2) is 0 Å². The van der Waals surface area contributed by atoms with Crippen LogP contribution in [0.2, 0.25) is 18.1 Å². The molecule has 5 nitrogen and oxygen atoms in total. The molecular formula is C24H42O5Si. The molecule has 3 heterocycles. The second-order valence-corrected chi connectivity index (χ2v) is 18.1. The van der Waals surface area contributed by atoms with Gasteiger partial charge in [-0.05, 0) is 52.2 Å². The van der Waals surface area contributed by atoms with E-state index in [2.05, 4.69) is 75.4 Å². The van der Waals surface area contributed by atoms with Crippen LogP contribution in [0.4, 0.5) is 0 Å². The minimum absolute atomic E-state index is 0.00820. The van der Waals surface area contributed by atoms with Crippen molar-refractivity contribution < 1.29 is 23.4 Å². The van der Waals surface area contributed by atoms with Gasteiger partial charge in [0.1, 0.15) is 5.60 Å². The Morgan fingerprint density at radius 2 is 1.60 bits per heavy atom. The molecule has 1 spiro atoms. The lowest BCUT2D eigenvalue weighted by Gasteiger charge is -2.61. The van der Waals surface area contributed by atoms with Gasteiger partial charge in [-0.1, -0.05) is 34.6 Å². The molecule has 0 aromatic rings. The molecule has 0 aromatic heterocycles. The summed E-state index contributed by atoms with van der Waals surface area (Å²) in [7, 11) is -2.05. The van der Waals surface area contributed by atoms with Gasteiger partial charge in [-0.25, -0.2) is 0 Å². The van der Waals surface area contributed by atoms with Crippen LogP contribution in [0, 0.1) is 17.3 Å². The lowest BCUT2D eigenvalue weighted by atomic mass is 9.49. The van der Waals surface area contributed by atoms with Crippen LogP contribution < -0.4 is 0 Å². The number of fused-ring (bicyclic) bond motifs is 5. The fraction of sp³-hybridized carbons (Fsp3) is 1.00. The predicted molar refractivity (Wildman–Crippen MR) is 118 cm³/mol. The van der Waals surface area contributed by atoms with Crippen molar-refractivity contribution >= 4 is 8.32 Å². The van der Waals surface area contributed by atoms with Crippen molar-refractivity contribution in [2.24, 2.45) is 17.3 Å². The van der Waals surface area contributed by atoms with E-state index in [1.165, 1.54) is 0 Å². The molecule has 0 radical (unpaired) electrons. The molecule has 0 aromatic carbocycles. The van der Waals surface area contributed by atoms with E-state index in [1.807, 2.05) is 0 Å². The van der Waals surface area contributed by atoms with Gasteiger partial charge in [-0.3, -0.25) is 0 Å². The van der Waals surface area contributed by atoms with Crippen LogP contribution in [0.3, 0.4) is 0 Å². The Labute approximate surface area is 183 Å². The Morgan fingerprint density at radius 3 is 2.20 bits per heavy atom. The second kappa shape index (κ2) is 5.74. The van der Waals surface area contributed by atoms with Gasteiger partial charge in [0, 0.05) is 17.3 Å². The van der Waals surface area contributed by atoms with Crippen LogP contribution in [-0.4, -0.2) is 55.8 Å². The minimum Gasteiger partial charge on any atom is -0.410 e. The largest absolute Gasteiger partial charge is 0.410 e. The molecule has 3 aliphatic heterocycles. The van der Waals surface area contributed by atoms with Gasteiger partial charge in [0.05, 0.1) is 36.1 Å². The van der Waals surface area contributed by atoms with E-state index in [0.29, 0.717) is 6.10 Å². The Bertz CT molecular complexity index is 757. The summed E-state index contributed by atoms with van der Waals surface area (Å²) in [4.78, 5) is 0. The summed E-state index contributed by atoms with van der Waals surface area (Å²) in [6, 6.07) is 0. The van der Waals surface area contributed by atoms with E-state index in [4.69, 9.17) is 23.4 Å². The first-order valence-corrected chi connectivity index (χ1v) is 14.8. The zero-order valence-electron chi connectivity index (χ0n) is 20.8.